The fraction of sp³-hybridized carbons (Fsp3) is 0.444. The molecule has 0 bridgehead atoms. The smallest absolute Gasteiger partial charge is 0.337 e. The molecular weight excluding hydrogens is 446 g/mol. The van der Waals surface area contributed by atoms with Gasteiger partial charge in [0.25, 0.3) is 0 Å². The first-order chi connectivity index (χ1) is 16.3. The van der Waals surface area contributed by atoms with E-state index in [2.05, 4.69) is 61.2 Å². The van der Waals surface area contributed by atoms with Crippen LogP contribution in [0.3, 0.4) is 0 Å². The highest BCUT2D eigenvalue weighted by Gasteiger charge is 2.16. The van der Waals surface area contributed by atoms with Gasteiger partial charge in [0.05, 0.1) is 23.7 Å². The molecule has 0 saturated heterocycles. The number of benzene rings is 2. The summed E-state index contributed by atoms with van der Waals surface area (Å²) in [5, 5.41) is 4.03. The predicted molar refractivity (Wildman–Crippen MR) is 140 cm³/mol. The molecule has 2 aromatic carbocycles. The van der Waals surface area contributed by atoms with E-state index in [1.807, 2.05) is 6.07 Å². The Morgan fingerprint density at radius 3 is 2.38 bits per heavy atom. The van der Waals surface area contributed by atoms with Crippen LogP contribution < -0.4 is 5.32 Å². The summed E-state index contributed by atoms with van der Waals surface area (Å²) in [6.07, 6.45) is 3.36. The Kier molecular flexibility index (Phi) is 9.16. The number of thioether (sulfide) groups is 1. The lowest BCUT2D eigenvalue weighted by molar-refractivity contribution is -0.116. The number of hydrogen-bond acceptors (Lipinski definition) is 5. The summed E-state index contributed by atoms with van der Waals surface area (Å²) in [6, 6.07) is 11.6. The number of H-pyrrole nitrogens is 1. The van der Waals surface area contributed by atoms with E-state index < -0.39 is 0 Å². The number of imidazole rings is 1. The van der Waals surface area contributed by atoms with Gasteiger partial charge in [0.15, 0.2) is 5.16 Å². The Labute approximate surface area is 206 Å². The molecule has 1 heterocycles. The lowest BCUT2D eigenvalue weighted by Crippen LogP contribution is -2.15. The second-order valence-corrected chi connectivity index (χ2v) is 10.2. The highest BCUT2D eigenvalue weighted by Crippen LogP contribution is 2.32. The van der Waals surface area contributed by atoms with E-state index in [0.717, 1.165) is 46.9 Å². The Morgan fingerprint density at radius 1 is 1.03 bits per heavy atom. The fourth-order valence-electron chi connectivity index (χ4n) is 3.93. The monoisotopic (exact) mass is 481 g/mol. The largest absolute Gasteiger partial charge is 0.465 e. The number of ether oxygens (including phenoxy) is 1. The molecule has 0 atom stereocenters. The van der Waals surface area contributed by atoms with Crippen molar-refractivity contribution in [3.63, 3.8) is 0 Å². The molecular formula is C27H35N3O3S. The van der Waals surface area contributed by atoms with Crippen molar-refractivity contribution in [3.8, 4) is 0 Å². The maximum atomic E-state index is 12.6. The van der Waals surface area contributed by atoms with Crippen molar-refractivity contribution < 1.29 is 14.3 Å². The second-order valence-electron chi connectivity index (χ2n) is 9.09. The first-order valence-electron chi connectivity index (χ1n) is 11.9. The molecule has 34 heavy (non-hydrogen) atoms. The van der Waals surface area contributed by atoms with Gasteiger partial charge in [0.1, 0.15) is 0 Å². The zero-order valence-electron chi connectivity index (χ0n) is 20.7. The molecule has 0 aliphatic rings. The predicted octanol–water partition coefficient (Wildman–Crippen LogP) is 6.89. The Bertz CT molecular complexity index is 1110. The average Bonchev–Trinajstić information content (AvgIpc) is 3.22. The van der Waals surface area contributed by atoms with Crippen molar-refractivity contribution in [3.05, 3.63) is 53.1 Å². The van der Waals surface area contributed by atoms with E-state index in [1.54, 1.807) is 23.9 Å². The van der Waals surface area contributed by atoms with Crippen LogP contribution in [0.25, 0.3) is 11.0 Å². The minimum absolute atomic E-state index is 0.0846. The number of para-hydroxylation sites is 1. The molecule has 3 rings (SSSR count). The standard InChI is InChI=1S/C27H35N3O3S/c1-17(2)20-10-9-11-21(18(3)4)25(20)30-24(31)12-7-6-8-15-34-27-28-22-14-13-19(26(32)33-5)16-23(22)29-27/h9-11,13-14,16-18H,6-8,12,15H2,1-5H3,(H,28,29)(H,30,31). The van der Waals surface area contributed by atoms with Gasteiger partial charge in [-0.3, -0.25) is 4.79 Å². The number of hydrogen-bond donors (Lipinski definition) is 2. The van der Waals surface area contributed by atoms with Gasteiger partial charge in [-0.2, -0.15) is 0 Å². The lowest BCUT2D eigenvalue weighted by Gasteiger charge is -2.20. The second kappa shape index (κ2) is 12.1. The number of methoxy groups -OCH3 is 1. The molecule has 0 aliphatic heterocycles. The third kappa shape index (κ3) is 6.63. The van der Waals surface area contributed by atoms with Gasteiger partial charge in [-0.1, -0.05) is 64.1 Å². The summed E-state index contributed by atoms with van der Waals surface area (Å²) in [5.74, 6) is 1.35. The summed E-state index contributed by atoms with van der Waals surface area (Å²) < 4.78 is 4.77. The van der Waals surface area contributed by atoms with Crippen LogP contribution in [0.5, 0.6) is 0 Å². The highest BCUT2D eigenvalue weighted by atomic mass is 32.2. The third-order valence-electron chi connectivity index (χ3n) is 5.81. The fourth-order valence-corrected chi connectivity index (χ4v) is 4.81. The summed E-state index contributed by atoms with van der Waals surface area (Å²) in [6.45, 7) is 8.64. The minimum atomic E-state index is -0.365. The van der Waals surface area contributed by atoms with Crippen molar-refractivity contribution in [2.24, 2.45) is 0 Å². The van der Waals surface area contributed by atoms with Crippen LogP contribution in [0.1, 0.15) is 86.7 Å². The third-order valence-corrected chi connectivity index (χ3v) is 6.77. The lowest BCUT2D eigenvalue weighted by atomic mass is 9.92. The highest BCUT2D eigenvalue weighted by molar-refractivity contribution is 7.99. The number of unbranched alkanes of at least 4 members (excludes halogenated alkanes) is 2. The van der Waals surface area contributed by atoms with E-state index in [0.29, 0.717) is 23.8 Å². The molecule has 0 fully saturated rings. The van der Waals surface area contributed by atoms with Gasteiger partial charge in [-0.15, -0.1) is 0 Å². The minimum Gasteiger partial charge on any atom is -0.465 e. The maximum Gasteiger partial charge on any atom is 0.337 e. The van der Waals surface area contributed by atoms with Crippen LogP contribution in [-0.2, 0) is 9.53 Å². The molecule has 6 nitrogen and oxygen atoms in total. The quantitative estimate of drug-likeness (QED) is 0.177. The number of nitrogens with one attached hydrogen (secondary N) is 2. The number of fused-ring (bicyclic) bond motifs is 1. The average molecular weight is 482 g/mol. The summed E-state index contributed by atoms with van der Waals surface area (Å²) in [7, 11) is 1.37. The van der Waals surface area contributed by atoms with Crippen LogP contribution in [-0.4, -0.2) is 34.7 Å². The molecule has 0 saturated carbocycles. The van der Waals surface area contributed by atoms with Gasteiger partial charge in [-0.05, 0) is 54.0 Å². The van der Waals surface area contributed by atoms with Crippen molar-refractivity contribution in [1.29, 1.82) is 0 Å². The molecule has 1 amide bonds. The number of esters is 1. The van der Waals surface area contributed by atoms with Crippen LogP contribution >= 0.6 is 11.8 Å². The van der Waals surface area contributed by atoms with Gasteiger partial charge in [0, 0.05) is 17.9 Å². The molecule has 182 valence electrons. The summed E-state index contributed by atoms with van der Waals surface area (Å²) in [4.78, 5) is 32.2. The molecule has 2 N–H and O–H groups in total. The molecule has 3 aromatic rings. The number of aromatic nitrogens is 2. The number of anilines is 1. The zero-order chi connectivity index (χ0) is 24.7. The molecule has 0 spiro atoms. The van der Waals surface area contributed by atoms with E-state index in [-0.39, 0.29) is 11.9 Å². The number of nitrogens with zero attached hydrogens (tertiary/aromatic N) is 1. The number of amides is 1. The Balaban J connectivity index is 1.44. The van der Waals surface area contributed by atoms with E-state index >= 15 is 0 Å². The Morgan fingerprint density at radius 2 is 1.74 bits per heavy atom. The number of aromatic amines is 1. The van der Waals surface area contributed by atoms with Crippen molar-refractivity contribution in [2.75, 3.05) is 18.2 Å². The first-order valence-corrected chi connectivity index (χ1v) is 12.9. The maximum absolute atomic E-state index is 12.6. The van der Waals surface area contributed by atoms with Gasteiger partial charge >= 0.3 is 5.97 Å². The van der Waals surface area contributed by atoms with Gasteiger partial charge in [0.2, 0.25) is 5.91 Å². The molecule has 7 heteroatoms. The number of rotatable bonds is 11. The molecule has 0 radical (unpaired) electrons. The van der Waals surface area contributed by atoms with Crippen molar-refractivity contribution >= 4 is 40.4 Å². The van der Waals surface area contributed by atoms with Gasteiger partial charge < -0.3 is 15.0 Å². The number of carbonyl (C=O) groups is 2. The first kappa shape index (κ1) is 25.8. The van der Waals surface area contributed by atoms with Crippen LogP contribution in [0.2, 0.25) is 0 Å². The normalized spacial score (nSPS) is 11.4. The van der Waals surface area contributed by atoms with Crippen molar-refractivity contribution in [2.45, 2.75) is 70.4 Å². The van der Waals surface area contributed by atoms with Crippen LogP contribution in [0.15, 0.2) is 41.6 Å². The Hall–Kier alpha value is -2.80. The molecule has 0 aliphatic carbocycles. The van der Waals surface area contributed by atoms with Crippen LogP contribution in [0, 0.1) is 0 Å². The summed E-state index contributed by atoms with van der Waals surface area (Å²) >= 11 is 1.65. The van der Waals surface area contributed by atoms with E-state index in [1.165, 1.54) is 18.2 Å². The topological polar surface area (TPSA) is 84.1 Å². The zero-order valence-corrected chi connectivity index (χ0v) is 21.6. The molecule has 1 aromatic heterocycles. The number of carbonyl (C=O) groups excluding carboxylic acids is 2. The SMILES string of the molecule is COC(=O)c1ccc2[nH]c(SCCCCCC(=O)Nc3c(C(C)C)cccc3C(C)C)nc2c1. The summed E-state index contributed by atoms with van der Waals surface area (Å²) in [5.41, 5.74) is 5.53. The van der Waals surface area contributed by atoms with Crippen molar-refractivity contribution in [1.82, 2.24) is 9.97 Å². The molecule has 0 unspecified atom stereocenters. The van der Waals surface area contributed by atoms with Crippen LogP contribution in [0.4, 0.5) is 5.69 Å². The van der Waals surface area contributed by atoms with E-state index in [9.17, 15) is 9.59 Å². The van der Waals surface area contributed by atoms with Gasteiger partial charge in [-0.25, -0.2) is 9.78 Å². The van der Waals surface area contributed by atoms with E-state index in [4.69, 9.17) is 4.74 Å².